The molecule has 0 aliphatic carbocycles. The second kappa shape index (κ2) is 4.13. The third kappa shape index (κ3) is 2.62. The van der Waals surface area contributed by atoms with Crippen LogP contribution in [0.5, 0.6) is 0 Å². The Morgan fingerprint density at radius 3 is 2.92 bits per heavy atom. The van der Waals surface area contributed by atoms with E-state index in [1.54, 1.807) is 17.9 Å². The van der Waals surface area contributed by atoms with Crippen molar-refractivity contribution in [1.82, 2.24) is 15.0 Å². The van der Waals surface area contributed by atoms with Crippen molar-refractivity contribution in [2.24, 2.45) is 18.7 Å². The van der Waals surface area contributed by atoms with E-state index in [4.69, 9.17) is 5.73 Å². The van der Waals surface area contributed by atoms with Crippen molar-refractivity contribution in [3.8, 4) is 0 Å². The van der Waals surface area contributed by atoms with Gasteiger partial charge in [0.05, 0.1) is 12.1 Å². The molecule has 0 spiro atoms. The van der Waals surface area contributed by atoms with E-state index in [0.29, 0.717) is 18.7 Å². The minimum Gasteiger partial charge on any atom is -0.330 e. The summed E-state index contributed by atoms with van der Waals surface area (Å²) in [5.74, 6) is 0.0185. The summed E-state index contributed by atoms with van der Waals surface area (Å²) in [5, 5.41) is 7.56. The molecule has 1 heterocycles. The molecule has 0 saturated heterocycles. The molecule has 1 atom stereocenters. The molecule has 72 valence electrons. The smallest absolute Gasteiger partial charge is 0.143 e. The van der Waals surface area contributed by atoms with E-state index in [0.717, 1.165) is 0 Å². The number of Topliss-reactive ketones (excluding diaryl/α,β-unsaturated/α-hetero) is 1. The zero-order chi connectivity index (χ0) is 9.84. The Hall–Kier alpha value is -1.23. The highest BCUT2D eigenvalue weighted by atomic mass is 16.1. The highest BCUT2D eigenvalue weighted by molar-refractivity contribution is 5.82. The van der Waals surface area contributed by atoms with Crippen LogP contribution in [-0.2, 0) is 18.3 Å². The summed E-state index contributed by atoms with van der Waals surface area (Å²) in [4.78, 5) is 11.4. The molecule has 0 amide bonds. The molecule has 0 saturated carbocycles. The van der Waals surface area contributed by atoms with E-state index in [9.17, 15) is 4.79 Å². The van der Waals surface area contributed by atoms with Crippen molar-refractivity contribution < 1.29 is 4.79 Å². The number of ketones is 1. The average molecular weight is 182 g/mol. The molecule has 0 fully saturated rings. The molecular weight excluding hydrogens is 168 g/mol. The van der Waals surface area contributed by atoms with E-state index >= 15 is 0 Å². The lowest BCUT2D eigenvalue weighted by molar-refractivity contribution is -0.121. The summed E-state index contributed by atoms with van der Waals surface area (Å²) in [7, 11) is 1.77. The number of aromatic nitrogens is 3. The van der Waals surface area contributed by atoms with Gasteiger partial charge >= 0.3 is 0 Å². The molecule has 5 nitrogen and oxygen atoms in total. The van der Waals surface area contributed by atoms with Gasteiger partial charge in [0, 0.05) is 25.7 Å². The molecule has 0 bridgehead atoms. The van der Waals surface area contributed by atoms with Gasteiger partial charge < -0.3 is 5.73 Å². The fraction of sp³-hybridized carbons (Fsp3) is 0.625. The van der Waals surface area contributed by atoms with Crippen molar-refractivity contribution >= 4 is 5.78 Å². The van der Waals surface area contributed by atoms with E-state index in [1.165, 1.54) is 0 Å². The topological polar surface area (TPSA) is 73.8 Å². The minimum atomic E-state index is -0.0954. The van der Waals surface area contributed by atoms with Crippen LogP contribution in [0.25, 0.3) is 0 Å². The molecule has 0 aliphatic heterocycles. The van der Waals surface area contributed by atoms with Gasteiger partial charge in [0.2, 0.25) is 0 Å². The molecule has 1 rings (SSSR count). The summed E-state index contributed by atoms with van der Waals surface area (Å²) < 4.78 is 1.58. The van der Waals surface area contributed by atoms with Gasteiger partial charge in [-0.3, -0.25) is 9.48 Å². The standard InChI is InChI=1S/C8H14N4O/c1-6(4-9)8(13)3-7-5-12(2)11-10-7/h5-6H,3-4,9H2,1-2H3. The highest BCUT2D eigenvalue weighted by Gasteiger charge is 2.12. The van der Waals surface area contributed by atoms with Crippen molar-refractivity contribution in [1.29, 1.82) is 0 Å². The summed E-state index contributed by atoms with van der Waals surface area (Å²) >= 11 is 0. The zero-order valence-electron chi connectivity index (χ0n) is 7.90. The normalized spacial score (nSPS) is 12.8. The van der Waals surface area contributed by atoms with Crippen molar-refractivity contribution in [3.63, 3.8) is 0 Å². The molecule has 13 heavy (non-hydrogen) atoms. The molecule has 1 unspecified atom stereocenters. The van der Waals surface area contributed by atoms with Crippen LogP contribution < -0.4 is 5.73 Å². The first-order chi connectivity index (χ1) is 6.13. The Morgan fingerprint density at radius 2 is 2.46 bits per heavy atom. The van der Waals surface area contributed by atoms with Gasteiger partial charge in [0.15, 0.2) is 0 Å². The number of carbonyl (C=O) groups is 1. The Labute approximate surface area is 76.9 Å². The van der Waals surface area contributed by atoms with E-state index in [-0.39, 0.29) is 11.7 Å². The molecule has 0 aliphatic rings. The number of hydrogen-bond acceptors (Lipinski definition) is 4. The lowest BCUT2D eigenvalue weighted by Gasteiger charge is -2.04. The van der Waals surface area contributed by atoms with Crippen molar-refractivity contribution in [2.45, 2.75) is 13.3 Å². The van der Waals surface area contributed by atoms with Gasteiger partial charge in [-0.05, 0) is 0 Å². The number of rotatable bonds is 4. The summed E-state index contributed by atoms with van der Waals surface area (Å²) in [5.41, 5.74) is 6.07. The van der Waals surface area contributed by atoms with E-state index in [1.807, 2.05) is 6.92 Å². The van der Waals surface area contributed by atoms with Gasteiger partial charge in [0.25, 0.3) is 0 Å². The number of nitrogens with zero attached hydrogens (tertiary/aromatic N) is 3. The maximum Gasteiger partial charge on any atom is 0.143 e. The number of aryl methyl sites for hydroxylation is 1. The van der Waals surface area contributed by atoms with Gasteiger partial charge in [-0.25, -0.2) is 0 Å². The Bertz CT molecular complexity index is 294. The fourth-order valence-corrected chi connectivity index (χ4v) is 0.960. The van der Waals surface area contributed by atoms with Crippen LogP contribution in [0.2, 0.25) is 0 Å². The van der Waals surface area contributed by atoms with Gasteiger partial charge in [-0.1, -0.05) is 12.1 Å². The Morgan fingerprint density at radius 1 is 1.77 bits per heavy atom. The van der Waals surface area contributed by atoms with Crippen molar-refractivity contribution in [3.05, 3.63) is 11.9 Å². The van der Waals surface area contributed by atoms with E-state index < -0.39 is 0 Å². The van der Waals surface area contributed by atoms with Crippen LogP contribution in [0.1, 0.15) is 12.6 Å². The molecule has 1 aromatic rings. The maximum absolute atomic E-state index is 11.4. The summed E-state index contributed by atoms with van der Waals surface area (Å²) in [6, 6.07) is 0. The molecular formula is C8H14N4O. The maximum atomic E-state index is 11.4. The second-order valence-corrected chi connectivity index (χ2v) is 3.16. The molecule has 2 N–H and O–H groups in total. The highest BCUT2D eigenvalue weighted by Crippen LogP contribution is 2.01. The molecule has 1 aromatic heterocycles. The van der Waals surface area contributed by atoms with Gasteiger partial charge in [0.1, 0.15) is 5.78 Å². The first-order valence-corrected chi connectivity index (χ1v) is 4.21. The van der Waals surface area contributed by atoms with Crippen LogP contribution in [0.4, 0.5) is 0 Å². The third-order valence-corrected chi connectivity index (χ3v) is 1.91. The first kappa shape index (κ1) is 9.85. The Balaban J connectivity index is 2.54. The average Bonchev–Trinajstić information content (AvgIpc) is 2.49. The largest absolute Gasteiger partial charge is 0.330 e. The molecule has 0 radical (unpaired) electrons. The second-order valence-electron chi connectivity index (χ2n) is 3.16. The fourth-order valence-electron chi connectivity index (χ4n) is 0.960. The first-order valence-electron chi connectivity index (χ1n) is 4.21. The summed E-state index contributed by atoms with van der Waals surface area (Å²) in [6.07, 6.45) is 2.06. The lowest BCUT2D eigenvalue weighted by atomic mass is 10.0. The zero-order valence-corrected chi connectivity index (χ0v) is 7.90. The summed E-state index contributed by atoms with van der Waals surface area (Å²) in [6.45, 7) is 2.21. The predicted molar refractivity (Wildman–Crippen MR) is 47.9 cm³/mol. The number of hydrogen-bond donors (Lipinski definition) is 1. The van der Waals surface area contributed by atoms with E-state index in [2.05, 4.69) is 10.3 Å². The van der Waals surface area contributed by atoms with Gasteiger partial charge in [-0.2, -0.15) is 0 Å². The monoisotopic (exact) mass is 182 g/mol. The third-order valence-electron chi connectivity index (χ3n) is 1.91. The van der Waals surface area contributed by atoms with Crippen LogP contribution in [0, 0.1) is 5.92 Å². The number of nitrogens with two attached hydrogens (primary N) is 1. The predicted octanol–water partition coefficient (Wildman–Crippen LogP) is -0.478. The van der Waals surface area contributed by atoms with Crippen LogP contribution in [0.3, 0.4) is 0 Å². The quantitative estimate of drug-likeness (QED) is 0.682. The Kier molecular flexibility index (Phi) is 3.13. The van der Waals surface area contributed by atoms with Crippen LogP contribution >= 0.6 is 0 Å². The van der Waals surface area contributed by atoms with Crippen LogP contribution in [0.15, 0.2) is 6.20 Å². The minimum absolute atomic E-state index is 0.0954. The van der Waals surface area contributed by atoms with Crippen LogP contribution in [-0.4, -0.2) is 27.3 Å². The number of carbonyl (C=O) groups excluding carboxylic acids is 1. The lowest BCUT2D eigenvalue weighted by Crippen LogP contribution is -2.22. The van der Waals surface area contributed by atoms with Gasteiger partial charge in [-0.15, -0.1) is 5.10 Å². The molecule has 5 heteroatoms. The molecule has 0 aromatic carbocycles. The van der Waals surface area contributed by atoms with Crippen molar-refractivity contribution in [2.75, 3.05) is 6.54 Å². The SMILES string of the molecule is CC(CN)C(=O)Cc1cn(C)nn1.